The number of halogens is 9. The van der Waals surface area contributed by atoms with Crippen molar-refractivity contribution in [2.45, 2.75) is 38.7 Å². The second kappa shape index (κ2) is 22.3. The molecule has 4 aromatic rings. The average Bonchev–Trinajstić information content (AvgIpc) is 3.69. The molecule has 2 aliphatic heterocycles. The molecule has 0 spiro atoms. The van der Waals surface area contributed by atoms with Crippen LogP contribution in [0.5, 0.6) is 0 Å². The summed E-state index contributed by atoms with van der Waals surface area (Å²) in [5, 5.41) is 23.3. The number of hydrogen-bond acceptors (Lipinski definition) is 12. The number of esters is 2. The van der Waals surface area contributed by atoms with Crippen LogP contribution >= 0.6 is 47.6 Å². The van der Waals surface area contributed by atoms with Gasteiger partial charge >= 0.3 is 37.0 Å². The fraction of sp³-hybridized carbons (Fsp3) is 0.200. The molecule has 0 fully saturated rings. The van der Waals surface area contributed by atoms with Crippen LogP contribution in [0, 0.1) is 40.1 Å². The van der Waals surface area contributed by atoms with Gasteiger partial charge in [0.2, 0.25) is 10.8 Å². The smallest absolute Gasteiger partial charge is 0.396 e. The van der Waals surface area contributed by atoms with Crippen molar-refractivity contribution in [1.29, 1.82) is 10.5 Å². The van der Waals surface area contributed by atoms with Crippen molar-refractivity contribution in [3.05, 3.63) is 124 Å². The summed E-state index contributed by atoms with van der Waals surface area (Å²) in [6.45, 7) is -6.25. The van der Waals surface area contributed by atoms with E-state index in [4.69, 9.17) is 33.2 Å². The predicted molar refractivity (Wildman–Crippen MR) is 218 cm³/mol. The molecule has 2 atom stereocenters. The van der Waals surface area contributed by atoms with Crippen LogP contribution in [0.15, 0.2) is 97.7 Å². The Morgan fingerprint density at radius 1 is 0.698 bits per heavy atom. The van der Waals surface area contributed by atoms with E-state index in [-0.39, 0.29) is 45.5 Å². The van der Waals surface area contributed by atoms with Gasteiger partial charge in [-0.2, -0.15) is 28.1 Å². The molecule has 4 aromatic carbocycles. The third-order valence-electron chi connectivity index (χ3n) is 8.23. The van der Waals surface area contributed by atoms with Gasteiger partial charge in [0.15, 0.2) is 25.5 Å². The first-order valence-electron chi connectivity index (χ1n) is 17.3. The van der Waals surface area contributed by atoms with Gasteiger partial charge in [0, 0.05) is 36.0 Å². The highest BCUT2D eigenvalue weighted by molar-refractivity contribution is 7.99. The summed E-state index contributed by atoms with van der Waals surface area (Å²) in [4.78, 5) is 24.4. The van der Waals surface area contributed by atoms with E-state index in [1.165, 1.54) is 40.5 Å². The van der Waals surface area contributed by atoms with Crippen LogP contribution in [0.4, 0.5) is 30.7 Å². The summed E-state index contributed by atoms with van der Waals surface area (Å²) in [7, 11) is 5.20. The van der Waals surface area contributed by atoms with E-state index in [1.54, 1.807) is 42.5 Å². The van der Waals surface area contributed by atoms with Crippen LogP contribution in [0.2, 0.25) is 0 Å². The van der Waals surface area contributed by atoms with E-state index in [1.807, 2.05) is 12.1 Å². The third-order valence-corrected chi connectivity index (χ3v) is 10.5. The van der Waals surface area contributed by atoms with Crippen molar-refractivity contribution >= 4 is 82.8 Å². The van der Waals surface area contributed by atoms with Crippen molar-refractivity contribution in [3.8, 4) is 12.1 Å². The van der Waals surface area contributed by atoms with Gasteiger partial charge in [0.25, 0.3) is 0 Å². The van der Waals surface area contributed by atoms with Crippen molar-refractivity contribution < 1.29 is 68.6 Å². The fourth-order valence-corrected chi connectivity index (χ4v) is 7.38. The van der Waals surface area contributed by atoms with Gasteiger partial charge in [0.1, 0.15) is 29.6 Å². The van der Waals surface area contributed by atoms with Gasteiger partial charge in [0.05, 0.1) is 36.5 Å². The summed E-state index contributed by atoms with van der Waals surface area (Å²) < 4.78 is 112. The maximum absolute atomic E-state index is 14.8. The van der Waals surface area contributed by atoms with Gasteiger partial charge in [-0.05, 0) is 48.5 Å². The highest BCUT2D eigenvalue weighted by atomic mass is 35.5. The lowest BCUT2D eigenvalue weighted by Gasteiger charge is -2.11. The van der Waals surface area contributed by atoms with Crippen molar-refractivity contribution in [1.82, 2.24) is 0 Å². The van der Waals surface area contributed by atoms with Crippen molar-refractivity contribution in [2.75, 3.05) is 28.3 Å². The number of alkyl halides is 6. The molecule has 0 saturated heterocycles. The monoisotopic (exact) mass is 956 g/mol. The number of methoxy groups -OCH3 is 2. The predicted octanol–water partition coefficient (Wildman–Crippen LogP) is 8.44. The number of thiol groups is 1. The Morgan fingerprint density at radius 2 is 1.14 bits per heavy atom. The molecule has 2 aliphatic rings. The maximum Gasteiger partial charge on any atom is 0.396 e. The van der Waals surface area contributed by atoms with Gasteiger partial charge < -0.3 is 18.9 Å². The molecule has 0 N–H and O–H groups in total. The van der Waals surface area contributed by atoms with Crippen molar-refractivity contribution in [3.63, 3.8) is 0 Å². The molecule has 0 aliphatic carbocycles. The normalized spacial score (nSPS) is 15.3. The number of carbonyl (C=O) groups is 2. The van der Waals surface area contributed by atoms with Crippen molar-refractivity contribution in [2.24, 2.45) is 10.2 Å². The molecular weight excluding hydrogens is 929 g/mol. The zero-order chi connectivity index (χ0) is 46.7. The summed E-state index contributed by atoms with van der Waals surface area (Å²) in [5.41, 5.74) is -0.361. The SMILES string of the molecule is COC(=O)c1ccccc1S.COC(=O)c1ccccc1Sc1cc(C2=N[N+](C)=C(OC(F)F)C2Cl)c(F)cc1C#N.C[N+]1=C(OC(F)F)C(Cl)C(c2cc(F)c(C#N)cc2F)=N1. The Kier molecular flexibility index (Phi) is 17.5. The molecule has 328 valence electrons. The van der Waals surface area contributed by atoms with Gasteiger partial charge in [-0.15, -0.1) is 12.6 Å². The van der Waals surface area contributed by atoms with Crippen LogP contribution in [0.1, 0.15) is 43.0 Å². The average molecular weight is 958 g/mol. The van der Waals surface area contributed by atoms with E-state index < -0.39 is 58.9 Å². The zero-order valence-electron chi connectivity index (χ0n) is 32.6. The Morgan fingerprint density at radius 3 is 1.62 bits per heavy atom. The van der Waals surface area contributed by atoms with E-state index in [2.05, 4.69) is 37.0 Å². The molecule has 0 radical (unpaired) electrons. The standard InChI is InChI=1S/C20H14ClF3N3O3S.C12H7ClF4N3O.C8H8O2S/c1-27-18(30-20(23)24)16(21)17(26-27)12-8-15(10(9-25)7-13(12)22)31-14-6-4-3-5-11(14)19(28)29-2;1-20-11(21-12(16)17)9(13)10(19-20)6-3-7(14)5(4-18)2-8(6)15;1-10-8(9)6-4-2-3-5-7(6)11/h3-8,16,20H,1-2H3;2-3,9,12H,1H3;2-5,11H,1H3/q2*+1;. The molecule has 6 rings (SSSR count). The lowest BCUT2D eigenvalue weighted by molar-refractivity contribution is -0.510. The maximum atomic E-state index is 14.8. The number of nitrogens with zero attached hydrogens (tertiary/aromatic N) is 6. The number of ether oxygens (including phenoxy) is 4. The van der Waals surface area contributed by atoms with Gasteiger partial charge in [-0.1, -0.05) is 68.6 Å². The van der Waals surface area contributed by atoms with Crippen LogP contribution in [0.25, 0.3) is 0 Å². The first-order valence-corrected chi connectivity index (χ1v) is 19.4. The summed E-state index contributed by atoms with van der Waals surface area (Å²) in [6.07, 6.45) is 0. The minimum Gasteiger partial charge on any atom is -0.465 e. The second-order valence-electron chi connectivity index (χ2n) is 12.1. The number of hydrazone groups is 2. The lowest BCUT2D eigenvalue weighted by Crippen LogP contribution is -2.28. The highest BCUT2D eigenvalue weighted by Gasteiger charge is 2.42. The zero-order valence-corrected chi connectivity index (χ0v) is 35.9. The Balaban J connectivity index is 0.000000233. The summed E-state index contributed by atoms with van der Waals surface area (Å²) in [5.74, 6) is -4.38. The van der Waals surface area contributed by atoms with Crippen LogP contribution in [0.3, 0.4) is 0 Å². The first-order chi connectivity index (χ1) is 29.9. The van der Waals surface area contributed by atoms with Crippen LogP contribution in [-0.2, 0) is 18.9 Å². The quantitative estimate of drug-likeness (QED) is 0.0604. The molecular formula is C40H29Cl2F7N6O6S2+2. The highest BCUT2D eigenvalue weighted by Crippen LogP contribution is 2.36. The van der Waals surface area contributed by atoms with Gasteiger partial charge in [-0.25, -0.2) is 22.8 Å². The van der Waals surface area contributed by atoms with E-state index in [0.717, 1.165) is 33.3 Å². The molecule has 2 unspecified atom stereocenters. The first kappa shape index (κ1) is 49.5. The van der Waals surface area contributed by atoms with Crippen LogP contribution in [-0.4, -0.2) is 96.8 Å². The number of carbonyl (C=O) groups excluding carboxylic acids is 2. The largest absolute Gasteiger partial charge is 0.465 e. The Bertz CT molecular complexity index is 2640. The molecule has 12 nitrogen and oxygen atoms in total. The molecule has 2 heterocycles. The molecule has 23 heteroatoms. The Hall–Kier alpha value is -6.13. The summed E-state index contributed by atoms with van der Waals surface area (Å²) in [6, 6.07) is 20.7. The van der Waals surface area contributed by atoms with E-state index in [9.17, 15) is 45.6 Å². The van der Waals surface area contributed by atoms with E-state index >= 15 is 0 Å². The number of rotatable bonds is 8. The van der Waals surface area contributed by atoms with Gasteiger partial charge in [-0.3, -0.25) is 0 Å². The number of benzene rings is 4. The number of hydrogen-bond donors (Lipinski definition) is 1. The molecule has 63 heavy (non-hydrogen) atoms. The molecule has 0 amide bonds. The summed E-state index contributed by atoms with van der Waals surface area (Å²) >= 11 is 17.2. The topological polar surface area (TPSA) is 149 Å². The van der Waals surface area contributed by atoms with E-state index in [0.29, 0.717) is 26.3 Å². The minimum absolute atomic E-state index is 0.0111. The van der Waals surface area contributed by atoms with Crippen LogP contribution < -0.4 is 0 Å². The fourth-order valence-electron chi connectivity index (χ4n) is 5.38. The third kappa shape index (κ3) is 12.1. The lowest BCUT2D eigenvalue weighted by atomic mass is 10.0. The minimum atomic E-state index is -3.12. The molecule has 0 saturated carbocycles. The number of nitriles is 2. The Labute approximate surface area is 373 Å². The molecule has 0 bridgehead atoms. The molecule has 0 aromatic heterocycles. The second-order valence-corrected chi connectivity index (χ2v) is 14.6.